The third kappa shape index (κ3) is 2.28. The van der Waals surface area contributed by atoms with E-state index >= 15 is 0 Å². The van der Waals surface area contributed by atoms with Crippen LogP contribution in [0.5, 0.6) is 0 Å². The minimum absolute atomic E-state index is 0.326. The van der Waals surface area contributed by atoms with Gasteiger partial charge in [0, 0.05) is 7.05 Å². The lowest BCUT2D eigenvalue weighted by molar-refractivity contribution is 0.908. The minimum atomic E-state index is 0.326. The molecule has 100 valence electrons. The van der Waals surface area contributed by atoms with Crippen LogP contribution in [0.1, 0.15) is 0 Å². The highest BCUT2D eigenvalue weighted by molar-refractivity contribution is 6.37. The normalized spacial score (nSPS) is 10.8. The zero-order chi connectivity index (χ0) is 14.1. The number of hydrogen-bond donors (Lipinski definition) is 0. The fourth-order valence-electron chi connectivity index (χ4n) is 1.94. The van der Waals surface area contributed by atoms with Crippen LogP contribution in [0.2, 0.25) is 10.3 Å². The molecule has 0 bridgehead atoms. The van der Waals surface area contributed by atoms with E-state index < -0.39 is 0 Å². The quantitative estimate of drug-likeness (QED) is 0.675. The summed E-state index contributed by atoms with van der Waals surface area (Å²) in [6.07, 6.45) is 3.34. The van der Waals surface area contributed by atoms with Crippen molar-refractivity contribution in [1.29, 1.82) is 0 Å². The molecular formula is C14H10Cl2N4. The molecule has 2 aromatic heterocycles. The molecule has 4 nitrogen and oxygen atoms in total. The van der Waals surface area contributed by atoms with Crippen LogP contribution in [0.4, 0.5) is 0 Å². The molecule has 0 fully saturated rings. The Hall–Kier alpha value is -1.91. The van der Waals surface area contributed by atoms with Crippen LogP contribution in [0.15, 0.2) is 42.9 Å². The van der Waals surface area contributed by atoms with E-state index in [1.165, 1.54) is 0 Å². The number of rotatable bonds is 2. The highest BCUT2D eigenvalue weighted by atomic mass is 35.5. The molecule has 0 amide bonds. The predicted octanol–water partition coefficient (Wildman–Crippen LogP) is 3.85. The molecule has 3 rings (SSSR count). The smallest absolute Gasteiger partial charge is 0.180 e. The number of benzene rings is 1. The van der Waals surface area contributed by atoms with E-state index in [4.69, 9.17) is 23.2 Å². The molecule has 3 aromatic rings. The highest BCUT2D eigenvalue weighted by Gasteiger charge is 2.15. The van der Waals surface area contributed by atoms with Gasteiger partial charge in [-0.15, -0.1) is 0 Å². The van der Waals surface area contributed by atoms with E-state index in [1.807, 2.05) is 41.9 Å². The van der Waals surface area contributed by atoms with Crippen molar-refractivity contribution in [2.24, 2.45) is 7.05 Å². The van der Waals surface area contributed by atoms with Crippen molar-refractivity contribution in [2.45, 2.75) is 0 Å². The summed E-state index contributed by atoms with van der Waals surface area (Å²) >= 11 is 12.5. The molecule has 0 spiro atoms. The van der Waals surface area contributed by atoms with Crippen LogP contribution >= 0.6 is 23.2 Å². The van der Waals surface area contributed by atoms with Crippen LogP contribution in [0.3, 0.4) is 0 Å². The van der Waals surface area contributed by atoms with E-state index in [2.05, 4.69) is 15.0 Å². The molecule has 0 saturated carbocycles. The Morgan fingerprint density at radius 1 is 1.00 bits per heavy atom. The van der Waals surface area contributed by atoms with Gasteiger partial charge in [0.05, 0.1) is 18.1 Å². The summed E-state index contributed by atoms with van der Waals surface area (Å²) in [5, 5.41) is 0.653. The number of nitrogens with zero attached hydrogens (tertiary/aromatic N) is 4. The molecule has 0 radical (unpaired) electrons. The van der Waals surface area contributed by atoms with Crippen molar-refractivity contribution in [1.82, 2.24) is 19.5 Å². The van der Waals surface area contributed by atoms with E-state index in [9.17, 15) is 0 Å². The lowest BCUT2D eigenvalue weighted by Crippen LogP contribution is -1.98. The maximum absolute atomic E-state index is 6.27. The summed E-state index contributed by atoms with van der Waals surface area (Å²) in [5.74, 6) is 0.458. The van der Waals surface area contributed by atoms with E-state index in [0.29, 0.717) is 21.7 Å². The van der Waals surface area contributed by atoms with Crippen molar-refractivity contribution in [3.8, 4) is 22.6 Å². The van der Waals surface area contributed by atoms with Crippen molar-refractivity contribution in [2.75, 3.05) is 0 Å². The van der Waals surface area contributed by atoms with Crippen molar-refractivity contribution < 1.29 is 0 Å². The Kier molecular flexibility index (Phi) is 3.42. The Labute approximate surface area is 126 Å². The monoisotopic (exact) mass is 304 g/mol. The first-order valence-electron chi connectivity index (χ1n) is 5.92. The van der Waals surface area contributed by atoms with Gasteiger partial charge in [-0.25, -0.2) is 15.0 Å². The molecule has 0 aliphatic carbocycles. The summed E-state index contributed by atoms with van der Waals surface area (Å²) in [6, 6.07) is 9.59. The standard InChI is InChI=1S/C14H10Cl2N4/c1-20-8-17-7-10(20)14-18-12(15)11(13(16)19-14)9-5-3-2-4-6-9/h2-8H,1H3. The minimum Gasteiger partial charge on any atom is -0.331 e. The van der Waals surface area contributed by atoms with Crippen LogP contribution in [-0.2, 0) is 7.05 Å². The molecule has 0 aliphatic rings. The van der Waals surface area contributed by atoms with Crippen molar-refractivity contribution in [3.63, 3.8) is 0 Å². The fourth-order valence-corrected chi connectivity index (χ4v) is 2.54. The predicted molar refractivity (Wildman–Crippen MR) is 79.7 cm³/mol. The molecule has 0 aliphatic heterocycles. The van der Waals surface area contributed by atoms with Gasteiger partial charge in [-0.2, -0.15) is 0 Å². The first kappa shape index (κ1) is 13.1. The second kappa shape index (κ2) is 5.23. The molecule has 20 heavy (non-hydrogen) atoms. The molecule has 0 atom stereocenters. The third-order valence-corrected chi connectivity index (χ3v) is 3.48. The first-order chi connectivity index (χ1) is 9.66. The van der Waals surface area contributed by atoms with Gasteiger partial charge < -0.3 is 4.57 Å². The van der Waals surface area contributed by atoms with Gasteiger partial charge in [0.15, 0.2) is 5.82 Å². The van der Waals surface area contributed by atoms with Gasteiger partial charge in [0.1, 0.15) is 16.0 Å². The van der Waals surface area contributed by atoms with E-state index in [1.54, 1.807) is 12.5 Å². The molecule has 0 N–H and O–H groups in total. The Bertz CT molecular complexity index is 730. The van der Waals surface area contributed by atoms with E-state index in [-0.39, 0.29) is 0 Å². The van der Waals surface area contributed by atoms with Crippen molar-refractivity contribution >= 4 is 23.2 Å². The maximum atomic E-state index is 6.27. The summed E-state index contributed by atoms with van der Waals surface area (Å²) in [5.41, 5.74) is 2.28. The SMILES string of the molecule is Cn1cncc1-c1nc(Cl)c(-c2ccccc2)c(Cl)n1. The molecule has 2 heterocycles. The summed E-state index contributed by atoms with van der Waals surface area (Å²) in [4.78, 5) is 12.7. The van der Waals surface area contributed by atoms with Crippen LogP contribution in [-0.4, -0.2) is 19.5 Å². The molecule has 0 saturated heterocycles. The number of imidazole rings is 1. The van der Waals surface area contributed by atoms with Crippen LogP contribution in [0.25, 0.3) is 22.6 Å². The van der Waals surface area contributed by atoms with Gasteiger partial charge in [0.25, 0.3) is 0 Å². The Morgan fingerprint density at radius 2 is 1.65 bits per heavy atom. The van der Waals surface area contributed by atoms with Gasteiger partial charge in [-0.3, -0.25) is 0 Å². The number of hydrogen-bond acceptors (Lipinski definition) is 3. The maximum Gasteiger partial charge on any atom is 0.180 e. The number of aryl methyl sites for hydroxylation is 1. The van der Waals surface area contributed by atoms with Crippen LogP contribution < -0.4 is 0 Å². The lowest BCUT2D eigenvalue weighted by Gasteiger charge is -2.08. The summed E-state index contributed by atoms with van der Waals surface area (Å²) in [6.45, 7) is 0. The second-order valence-electron chi connectivity index (χ2n) is 4.26. The Morgan fingerprint density at radius 3 is 2.20 bits per heavy atom. The molecule has 6 heteroatoms. The van der Waals surface area contributed by atoms with Gasteiger partial charge in [-0.1, -0.05) is 53.5 Å². The van der Waals surface area contributed by atoms with Gasteiger partial charge in [0.2, 0.25) is 0 Å². The van der Waals surface area contributed by atoms with Crippen LogP contribution in [0, 0.1) is 0 Å². The zero-order valence-electron chi connectivity index (χ0n) is 10.6. The first-order valence-corrected chi connectivity index (χ1v) is 6.67. The second-order valence-corrected chi connectivity index (χ2v) is 4.98. The van der Waals surface area contributed by atoms with Gasteiger partial charge >= 0.3 is 0 Å². The number of halogens is 2. The fraction of sp³-hybridized carbons (Fsp3) is 0.0714. The average molecular weight is 305 g/mol. The van der Waals surface area contributed by atoms with E-state index in [0.717, 1.165) is 11.3 Å². The number of aromatic nitrogens is 4. The average Bonchev–Trinajstić information content (AvgIpc) is 2.85. The largest absolute Gasteiger partial charge is 0.331 e. The highest BCUT2D eigenvalue weighted by Crippen LogP contribution is 2.33. The van der Waals surface area contributed by atoms with Gasteiger partial charge in [-0.05, 0) is 5.56 Å². The summed E-state index contributed by atoms with van der Waals surface area (Å²) < 4.78 is 1.81. The molecular weight excluding hydrogens is 295 g/mol. The lowest BCUT2D eigenvalue weighted by atomic mass is 10.1. The molecule has 0 unspecified atom stereocenters. The zero-order valence-corrected chi connectivity index (χ0v) is 12.1. The third-order valence-electron chi connectivity index (χ3n) is 2.93. The summed E-state index contributed by atoms with van der Waals surface area (Å²) in [7, 11) is 1.86. The molecule has 1 aromatic carbocycles. The topological polar surface area (TPSA) is 43.6 Å². The Balaban J connectivity index is 2.15. The van der Waals surface area contributed by atoms with Crippen molar-refractivity contribution in [3.05, 3.63) is 53.2 Å².